The molecule has 2 N–H and O–H groups in total. The Kier molecular flexibility index (Phi) is 5.98. The van der Waals surface area contributed by atoms with Gasteiger partial charge < -0.3 is 5.73 Å². The van der Waals surface area contributed by atoms with Gasteiger partial charge in [-0.3, -0.25) is 0 Å². The molecular formula is C27H49N. The Morgan fingerprint density at radius 1 is 0.821 bits per heavy atom. The van der Waals surface area contributed by atoms with E-state index in [1.54, 1.807) is 0 Å². The van der Waals surface area contributed by atoms with Crippen LogP contribution in [0.15, 0.2) is 0 Å². The molecule has 28 heavy (non-hydrogen) atoms. The van der Waals surface area contributed by atoms with E-state index >= 15 is 0 Å². The molecule has 0 saturated heterocycles. The summed E-state index contributed by atoms with van der Waals surface area (Å²) >= 11 is 0. The van der Waals surface area contributed by atoms with Gasteiger partial charge in [-0.2, -0.15) is 0 Å². The third-order valence-corrected chi connectivity index (χ3v) is 10.9. The van der Waals surface area contributed by atoms with Crippen LogP contribution >= 0.6 is 0 Å². The minimum Gasteiger partial charge on any atom is -0.328 e. The minimum absolute atomic E-state index is 0.492. The van der Waals surface area contributed by atoms with Crippen LogP contribution < -0.4 is 5.73 Å². The molecule has 4 fully saturated rings. The average molecular weight is 388 g/mol. The highest BCUT2D eigenvalue weighted by Gasteiger charge is 2.60. The smallest absolute Gasteiger partial charge is 0.00418 e. The summed E-state index contributed by atoms with van der Waals surface area (Å²) in [6.45, 7) is 12.8. The molecule has 0 heterocycles. The van der Waals surface area contributed by atoms with Gasteiger partial charge in [-0.15, -0.1) is 0 Å². The third kappa shape index (κ3) is 3.50. The van der Waals surface area contributed by atoms with Crippen molar-refractivity contribution in [3.05, 3.63) is 0 Å². The van der Waals surface area contributed by atoms with Crippen LogP contribution in [0.1, 0.15) is 112 Å². The van der Waals surface area contributed by atoms with Crippen LogP contribution in [0.25, 0.3) is 0 Å². The number of hydrogen-bond donors (Lipinski definition) is 1. The summed E-state index contributed by atoms with van der Waals surface area (Å²) in [7, 11) is 0. The molecule has 0 aromatic heterocycles. The van der Waals surface area contributed by atoms with Crippen molar-refractivity contribution < 1.29 is 0 Å². The molecule has 4 aliphatic carbocycles. The Hall–Kier alpha value is -0.0400. The van der Waals surface area contributed by atoms with Crippen molar-refractivity contribution in [1.82, 2.24) is 0 Å². The van der Waals surface area contributed by atoms with E-state index < -0.39 is 0 Å². The molecule has 0 aromatic carbocycles. The van der Waals surface area contributed by atoms with Gasteiger partial charge in [0.2, 0.25) is 0 Å². The second-order valence-electron chi connectivity index (χ2n) is 12.7. The molecule has 0 bridgehead atoms. The van der Waals surface area contributed by atoms with E-state index in [0.717, 1.165) is 41.4 Å². The molecule has 1 nitrogen and oxygen atoms in total. The van der Waals surface area contributed by atoms with Crippen LogP contribution in [-0.2, 0) is 0 Å². The highest BCUT2D eigenvalue weighted by atomic mass is 14.7. The molecule has 4 rings (SSSR count). The lowest BCUT2D eigenvalue weighted by atomic mass is 9.44. The molecule has 1 heteroatoms. The van der Waals surface area contributed by atoms with Gasteiger partial charge in [-0.1, -0.05) is 53.9 Å². The Bertz CT molecular complexity index is 540. The number of rotatable bonds is 5. The van der Waals surface area contributed by atoms with Gasteiger partial charge in [0.25, 0.3) is 0 Å². The Morgan fingerprint density at radius 2 is 1.54 bits per heavy atom. The molecule has 4 aliphatic rings. The monoisotopic (exact) mass is 387 g/mol. The predicted octanol–water partition coefficient (Wildman–Crippen LogP) is 7.44. The quantitative estimate of drug-likeness (QED) is 0.521. The van der Waals surface area contributed by atoms with Gasteiger partial charge in [0.15, 0.2) is 0 Å². The molecule has 2 unspecified atom stereocenters. The van der Waals surface area contributed by atoms with E-state index in [1.165, 1.54) is 77.0 Å². The maximum Gasteiger partial charge on any atom is 0.00418 e. The van der Waals surface area contributed by atoms with Crippen LogP contribution in [0.5, 0.6) is 0 Å². The summed E-state index contributed by atoms with van der Waals surface area (Å²) in [4.78, 5) is 0. The zero-order valence-corrected chi connectivity index (χ0v) is 19.7. The molecule has 4 saturated carbocycles. The topological polar surface area (TPSA) is 26.0 Å². The summed E-state index contributed by atoms with van der Waals surface area (Å²) < 4.78 is 0. The molecule has 0 amide bonds. The molecule has 9 atom stereocenters. The van der Waals surface area contributed by atoms with Crippen molar-refractivity contribution in [2.24, 2.45) is 58.0 Å². The highest BCUT2D eigenvalue weighted by Crippen LogP contribution is 2.68. The first kappa shape index (κ1) is 21.2. The van der Waals surface area contributed by atoms with Crippen LogP contribution in [0, 0.1) is 52.3 Å². The zero-order chi connectivity index (χ0) is 20.1. The van der Waals surface area contributed by atoms with Gasteiger partial charge in [-0.05, 0) is 110 Å². The lowest BCUT2D eigenvalue weighted by Crippen LogP contribution is -2.54. The summed E-state index contributed by atoms with van der Waals surface area (Å²) in [6, 6.07) is 0.492. The fraction of sp³-hybridized carbons (Fsp3) is 1.00. The van der Waals surface area contributed by atoms with Crippen molar-refractivity contribution in [1.29, 1.82) is 0 Å². The minimum atomic E-state index is 0.492. The fourth-order valence-electron chi connectivity index (χ4n) is 9.32. The Labute approximate surface area is 176 Å². The van der Waals surface area contributed by atoms with Crippen LogP contribution in [0.3, 0.4) is 0 Å². The van der Waals surface area contributed by atoms with Gasteiger partial charge in [-0.25, -0.2) is 0 Å². The van der Waals surface area contributed by atoms with Crippen LogP contribution in [0.2, 0.25) is 0 Å². The molecular weight excluding hydrogens is 338 g/mol. The summed E-state index contributed by atoms with van der Waals surface area (Å²) in [5.41, 5.74) is 7.64. The maximum atomic E-state index is 6.39. The first-order chi connectivity index (χ1) is 13.3. The average Bonchev–Trinajstić information content (AvgIpc) is 2.99. The first-order valence-corrected chi connectivity index (χ1v) is 13.0. The van der Waals surface area contributed by atoms with Crippen molar-refractivity contribution >= 4 is 0 Å². The standard InChI is InChI=1S/C27H49N/c1-18(2)7-6-8-19(3)23-11-12-24-22-10-9-20-17-21(28)13-15-26(20,4)25(22)14-16-27(23,24)5/h18-25H,6-17,28H2,1-5H3/t19?,20?,21-,22+,23-,24+,25+,26+,27-/m1/s1. The fourth-order valence-corrected chi connectivity index (χ4v) is 9.32. The van der Waals surface area contributed by atoms with Crippen LogP contribution in [0.4, 0.5) is 0 Å². The zero-order valence-electron chi connectivity index (χ0n) is 19.7. The van der Waals surface area contributed by atoms with Gasteiger partial charge in [0.1, 0.15) is 0 Å². The number of fused-ring (bicyclic) bond motifs is 5. The Morgan fingerprint density at radius 3 is 2.29 bits per heavy atom. The van der Waals surface area contributed by atoms with E-state index in [9.17, 15) is 0 Å². The SMILES string of the molecule is CC(C)CCCC(C)[C@H]1CC[C@H]2[C@@H]3CCC4C[C@H](N)CC[C@]4(C)[C@H]3CC[C@]12C. The third-order valence-electron chi connectivity index (χ3n) is 10.9. The molecule has 0 spiro atoms. The van der Waals surface area contributed by atoms with Crippen molar-refractivity contribution in [2.45, 2.75) is 118 Å². The number of hydrogen-bond acceptors (Lipinski definition) is 1. The first-order valence-electron chi connectivity index (χ1n) is 13.0. The van der Waals surface area contributed by atoms with Crippen molar-refractivity contribution in [2.75, 3.05) is 0 Å². The van der Waals surface area contributed by atoms with E-state index in [0.29, 0.717) is 16.9 Å². The largest absolute Gasteiger partial charge is 0.328 e. The second kappa shape index (κ2) is 7.90. The second-order valence-corrected chi connectivity index (χ2v) is 12.7. The van der Waals surface area contributed by atoms with E-state index in [2.05, 4.69) is 34.6 Å². The van der Waals surface area contributed by atoms with Gasteiger partial charge >= 0.3 is 0 Å². The molecule has 0 aliphatic heterocycles. The highest BCUT2D eigenvalue weighted by molar-refractivity contribution is 5.09. The summed E-state index contributed by atoms with van der Waals surface area (Å²) in [5, 5.41) is 0. The lowest BCUT2D eigenvalue weighted by molar-refractivity contribution is -0.116. The normalized spacial score (nSPS) is 49.4. The number of nitrogens with two attached hydrogens (primary N) is 1. The predicted molar refractivity (Wildman–Crippen MR) is 121 cm³/mol. The molecule has 0 radical (unpaired) electrons. The van der Waals surface area contributed by atoms with Crippen molar-refractivity contribution in [3.8, 4) is 0 Å². The van der Waals surface area contributed by atoms with Crippen molar-refractivity contribution in [3.63, 3.8) is 0 Å². The van der Waals surface area contributed by atoms with E-state index in [-0.39, 0.29) is 0 Å². The molecule has 162 valence electrons. The van der Waals surface area contributed by atoms with Gasteiger partial charge in [0.05, 0.1) is 0 Å². The summed E-state index contributed by atoms with van der Waals surface area (Å²) in [5.74, 6) is 6.79. The summed E-state index contributed by atoms with van der Waals surface area (Å²) in [6.07, 6.45) is 17.5. The van der Waals surface area contributed by atoms with E-state index in [1.807, 2.05) is 0 Å². The van der Waals surface area contributed by atoms with Crippen LogP contribution in [-0.4, -0.2) is 6.04 Å². The molecule has 0 aromatic rings. The van der Waals surface area contributed by atoms with E-state index in [4.69, 9.17) is 5.73 Å². The van der Waals surface area contributed by atoms with Gasteiger partial charge in [0, 0.05) is 6.04 Å². The Balaban J connectivity index is 1.46. The maximum absolute atomic E-state index is 6.39. The lowest BCUT2D eigenvalue weighted by Gasteiger charge is -2.61.